The zero-order valence-electron chi connectivity index (χ0n) is 7.84. The molecule has 0 bridgehead atoms. The maximum Gasteiger partial charge on any atom is 0.0711 e. The monoisotopic (exact) mass is 173 g/mol. The lowest BCUT2D eigenvalue weighted by molar-refractivity contribution is 0.0602. The second-order valence-corrected chi connectivity index (χ2v) is 3.19. The zero-order chi connectivity index (χ0) is 8.65. The van der Waals surface area contributed by atoms with Gasteiger partial charge in [-0.15, -0.1) is 0 Å². The number of rotatable bonds is 6. The first-order chi connectivity index (χ1) is 5.93. The summed E-state index contributed by atoms with van der Waals surface area (Å²) in [7, 11) is 1.74. The molecule has 1 unspecified atom stereocenters. The van der Waals surface area contributed by atoms with Crippen LogP contribution in [0.25, 0.3) is 0 Å². The van der Waals surface area contributed by atoms with Gasteiger partial charge in [-0.2, -0.15) is 0 Å². The van der Waals surface area contributed by atoms with Gasteiger partial charge in [0.05, 0.1) is 6.10 Å². The summed E-state index contributed by atoms with van der Waals surface area (Å²) < 4.78 is 10.6. The number of methoxy groups -OCH3 is 1. The lowest BCUT2D eigenvalue weighted by atomic mass is 10.3. The standard InChI is InChI=1S/C9H19NO2/c1-11-6-2-3-7-12-9-4-5-10-8-9/h9-10H,2-8H2,1H3. The van der Waals surface area contributed by atoms with E-state index >= 15 is 0 Å². The Morgan fingerprint density at radius 3 is 2.83 bits per heavy atom. The Kier molecular flexibility index (Phi) is 5.32. The first-order valence-corrected chi connectivity index (χ1v) is 4.74. The highest BCUT2D eigenvalue weighted by atomic mass is 16.5. The van der Waals surface area contributed by atoms with E-state index in [4.69, 9.17) is 9.47 Å². The lowest BCUT2D eigenvalue weighted by Gasteiger charge is -2.09. The topological polar surface area (TPSA) is 30.5 Å². The normalized spacial score (nSPS) is 23.2. The van der Waals surface area contributed by atoms with Crippen molar-refractivity contribution in [2.24, 2.45) is 0 Å². The van der Waals surface area contributed by atoms with Crippen LogP contribution >= 0.6 is 0 Å². The molecule has 3 nitrogen and oxygen atoms in total. The van der Waals surface area contributed by atoms with E-state index in [1.807, 2.05) is 0 Å². The van der Waals surface area contributed by atoms with Gasteiger partial charge >= 0.3 is 0 Å². The molecule has 12 heavy (non-hydrogen) atoms. The number of hydrogen-bond acceptors (Lipinski definition) is 3. The van der Waals surface area contributed by atoms with E-state index in [1.54, 1.807) is 7.11 Å². The van der Waals surface area contributed by atoms with Crippen molar-refractivity contribution in [2.45, 2.75) is 25.4 Å². The smallest absolute Gasteiger partial charge is 0.0711 e. The van der Waals surface area contributed by atoms with Crippen LogP contribution in [-0.2, 0) is 9.47 Å². The fraction of sp³-hybridized carbons (Fsp3) is 1.00. The van der Waals surface area contributed by atoms with Gasteiger partial charge in [-0.1, -0.05) is 0 Å². The number of ether oxygens (including phenoxy) is 2. The zero-order valence-corrected chi connectivity index (χ0v) is 7.84. The third kappa shape index (κ3) is 4.04. The van der Waals surface area contributed by atoms with Crippen LogP contribution < -0.4 is 5.32 Å². The van der Waals surface area contributed by atoms with Crippen LogP contribution in [0.4, 0.5) is 0 Å². The average molecular weight is 173 g/mol. The third-order valence-corrected chi connectivity index (χ3v) is 2.11. The van der Waals surface area contributed by atoms with Gasteiger partial charge < -0.3 is 14.8 Å². The van der Waals surface area contributed by atoms with Crippen LogP contribution in [-0.4, -0.2) is 39.5 Å². The first-order valence-electron chi connectivity index (χ1n) is 4.74. The highest BCUT2D eigenvalue weighted by molar-refractivity contribution is 4.70. The molecule has 0 radical (unpaired) electrons. The molecule has 1 aliphatic heterocycles. The van der Waals surface area contributed by atoms with Gasteiger partial charge in [-0.3, -0.25) is 0 Å². The van der Waals surface area contributed by atoms with Gasteiger partial charge in [-0.25, -0.2) is 0 Å². The summed E-state index contributed by atoms with van der Waals surface area (Å²) in [6.45, 7) is 3.88. The second kappa shape index (κ2) is 6.40. The molecule has 3 heteroatoms. The van der Waals surface area contributed by atoms with Crippen molar-refractivity contribution in [1.82, 2.24) is 5.32 Å². The Balaban J connectivity index is 1.81. The van der Waals surface area contributed by atoms with E-state index in [0.717, 1.165) is 39.1 Å². The van der Waals surface area contributed by atoms with Crippen molar-refractivity contribution in [3.8, 4) is 0 Å². The van der Waals surface area contributed by atoms with Crippen molar-refractivity contribution < 1.29 is 9.47 Å². The molecule has 72 valence electrons. The Labute approximate surface area is 74.4 Å². The molecule has 1 N–H and O–H groups in total. The van der Waals surface area contributed by atoms with Crippen molar-refractivity contribution >= 4 is 0 Å². The summed E-state index contributed by atoms with van der Waals surface area (Å²) in [5.74, 6) is 0. The highest BCUT2D eigenvalue weighted by Gasteiger charge is 2.13. The first kappa shape index (κ1) is 9.96. The van der Waals surface area contributed by atoms with Gasteiger partial charge in [-0.05, 0) is 25.8 Å². The fourth-order valence-electron chi connectivity index (χ4n) is 1.37. The molecule has 1 aliphatic rings. The van der Waals surface area contributed by atoms with Crippen molar-refractivity contribution in [1.29, 1.82) is 0 Å². The summed E-state index contributed by atoms with van der Waals surface area (Å²) in [6, 6.07) is 0. The minimum atomic E-state index is 0.465. The van der Waals surface area contributed by atoms with E-state index in [2.05, 4.69) is 5.32 Å². The molecule has 1 saturated heterocycles. The Morgan fingerprint density at radius 2 is 2.17 bits per heavy atom. The molecular formula is C9H19NO2. The molecular weight excluding hydrogens is 154 g/mol. The van der Waals surface area contributed by atoms with Crippen molar-refractivity contribution in [2.75, 3.05) is 33.4 Å². The molecule has 1 fully saturated rings. The molecule has 0 spiro atoms. The predicted octanol–water partition coefficient (Wildman–Crippen LogP) is 0.792. The molecule has 1 heterocycles. The Hall–Kier alpha value is -0.120. The van der Waals surface area contributed by atoms with Crippen LogP contribution in [0.2, 0.25) is 0 Å². The predicted molar refractivity (Wildman–Crippen MR) is 48.3 cm³/mol. The summed E-state index contributed by atoms with van der Waals surface area (Å²) in [5.41, 5.74) is 0. The quantitative estimate of drug-likeness (QED) is 0.602. The largest absolute Gasteiger partial charge is 0.385 e. The minimum Gasteiger partial charge on any atom is -0.385 e. The SMILES string of the molecule is COCCCCOC1CCNC1. The molecule has 0 saturated carbocycles. The van der Waals surface area contributed by atoms with Crippen LogP contribution in [0.5, 0.6) is 0 Å². The maximum atomic E-state index is 5.63. The van der Waals surface area contributed by atoms with Gasteiger partial charge in [0.15, 0.2) is 0 Å². The van der Waals surface area contributed by atoms with Gasteiger partial charge in [0, 0.05) is 26.9 Å². The molecule has 0 aromatic heterocycles. The number of nitrogens with one attached hydrogen (secondary N) is 1. The molecule has 0 aromatic rings. The van der Waals surface area contributed by atoms with E-state index < -0.39 is 0 Å². The van der Waals surface area contributed by atoms with E-state index in [0.29, 0.717) is 6.10 Å². The summed E-state index contributed by atoms with van der Waals surface area (Å²) in [6.07, 6.45) is 3.86. The fourth-order valence-corrected chi connectivity index (χ4v) is 1.37. The summed E-state index contributed by atoms with van der Waals surface area (Å²) >= 11 is 0. The molecule has 0 amide bonds. The Morgan fingerprint density at radius 1 is 1.33 bits per heavy atom. The van der Waals surface area contributed by atoms with Crippen molar-refractivity contribution in [3.05, 3.63) is 0 Å². The van der Waals surface area contributed by atoms with Gasteiger partial charge in [0.1, 0.15) is 0 Å². The summed E-state index contributed by atoms with van der Waals surface area (Å²) in [4.78, 5) is 0. The minimum absolute atomic E-state index is 0.465. The second-order valence-electron chi connectivity index (χ2n) is 3.19. The van der Waals surface area contributed by atoms with E-state index in [1.165, 1.54) is 6.42 Å². The van der Waals surface area contributed by atoms with Crippen LogP contribution in [0, 0.1) is 0 Å². The summed E-state index contributed by atoms with van der Waals surface area (Å²) in [5, 5.41) is 3.27. The molecule has 0 aromatic carbocycles. The van der Waals surface area contributed by atoms with Crippen LogP contribution in [0.1, 0.15) is 19.3 Å². The van der Waals surface area contributed by atoms with E-state index in [-0.39, 0.29) is 0 Å². The van der Waals surface area contributed by atoms with Crippen LogP contribution in [0.15, 0.2) is 0 Å². The third-order valence-electron chi connectivity index (χ3n) is 2.11. The molecule has 0 aliphatic carbocycles. The molecule has 1 rings (SSSR count). The molecule has 1 atom stereocenters. The number of unbranched alkanes of at least 4 members (excludes halogenated alkanes) is 1. The van der Waals surface area contributed by atoms with Gasteiger partial charge in [0.25, 0.3) is 0 Å². The highest BCUT2D eigenvalue weighted by Crippen LogP contribution is 2.03. The Bertz CT molecular complexity index is 103. The average Bonchev–Trinajstić information content (AvgIpc) is 2.57. The maximum absolute atomic E-state index is 5.63. The number of hydrogen-bond donors (Lipinski definition) is 1. The van der Waals surface area contributed by atoms with E-state index in [9.17, 15) is 0 Å². The van der Waals surface area contributed by atoms with Crippen LogP contribution in [0.3, 0.4) is 0 Å². The lowest BCUT2D eigenvalue weighted by Crippen LogP contribution is -2.17. The van der Waals surface area contributed by atoms with Gasteiger partial charge in [0.2, 0.25) is 0 Å². The van der Waals surface area contributed by atoms with Crippen molar-refractivity contribution in [3.63, 3.8) is 0 Å².